The minimum atomic E-state index is 1.47. The van der Waals surface area contributed by atoms with Crippen molar-refractivity contribution in [1.29, 1.82) is 0 Å². The lowest BCUT2D eigenvalue weighted by molar-refractivity contribution is 2.16. The predicted octanol–water partition coefficient (Wildman–Crippen LogP) is 1.31. The van der Waals surface area contributed by atoms with Crippen molar-refractivity contribution in [1.82, 2.24) is 0 Å². The molecule has 0 saturated carbocycles. The maximum atomic E-state index is 4.78. The van der Waals surface area contributed by atoms with Crippen LogP contribution in [-0.2, 0) is 0 Å². The van der Waals surface area contributed by atoms with Gasteiger partial charge in [0, 0.05) is 0 Å². The lowest BCUT2D eigenvalue weighted by Gasteiger charge is -1.53. The van der Waals surface area contributed by atoms with Crippen LogP contribution in [0.15, 0.2) is 12.2 Å². The van der Waals surface area contributed by atoms with E-state index in [1.54, 1.807) is 0 Å². The maximum Gasteiger partial charge on any atom is -0.00380 e. The molecule has 0 aromatic heterocycles. The summed E-state index contributed by atoms with van der Waals surface area (Å²) in [6.07, 6.45) is 28.5. The number of hydrogen-bond donors (Lipinski definition) is 0. The Bertz CT molecular complexity index is 154. The maximum absolute atomic E-state index is 4.78. The molecule has 0 aliphatic heterocycles. The van der Waals surface area contributed by atoms with Crippen molar-refractivity contribution in [3.05, 3.63) is 12.2 Å². The highest BCUT2D eigenvalue weighted by Gasteiger charge is 1.46. The lowest BCUT2D eigenvalue weighted by Crippen LogP contribution is -1.41. The number of rotatable bonds is 0. The van der Waals surface area contributed by atoms with Crippen LogP contribution in [0.4, 0.5) is 0 Å². The van der Waals surface area contributed by atoms with E-state index in [4.69, 9.17) is 12.8 Å². The molecule has 0 heterocycles. The summed E-state index contributed by atoms with van der Waals surface area (Å²) in [5.74, 6) is 4.49. The second kappa shape index (κ2) is 63.7. The molecule has 0 heteroatoms. The second-order valence-corrected chi connectivity index (χ2v) is 0.667. The van der Waals surface area contributed by atoms with Gasteiger partial charge >= 0.3 is 0 Å². The van der Waals surface area contributed by atoms with Crippen LogP contribution in [0.25, 0.3) is 0 Å². The summed E-state index contributed by atoms with van der Waals surface area (Å²) in [7, 11) is 0. The number of allylic oxidation sites excluding steroid dienone is 2. The van der Waals surface area contributed by atoms with Crippen LogP contribution in [0.5, 0.6) is 0 Å². The Kier molecular flexibility index (Phi) is 99.8. The van der Waals surface area contributed by atoms with Crippen LogP contribution in [0.1, 0.15) is 0 Å². The molecule has 0 spiro atoms. The number of hydrogen-bond acceptors (Lipinski definition) is 0. The van der Waals surface area contributed by atoms with Crippen molar-refractivity contribution in [3.8, 4) is 50.4 Å². The summed E-state index contributed by atoms with van der Waals surface area (Å²) in [6.45, 7) is 0. The van der Waals surface area contributed by atoms with E-state index in [9.17, 15) is 0 Å². The Morgan fingerprint density at radius 2 is 0.900 bits per heavy atom. The second-order valence-electron chi connectivity index (χ2n) is 0.667. The molecule has 0 saturated heterocycles. The van der Waals surface area contributed by atoms with Crippen molar-refractivity contribution >= 4 is 0 Å². The first kappa shape index (κ1) is 15.7. The van der Waals surface area contributed by atoms with Gasteiger partial charge in [0.05, 0.1) is 0 Å². The van der Waals surface area contributed by atoms with E-state index in [2.05, 4.69) is 37.5 Å². The first-order chi connectivity index (χ1) is 4.91. The molecule has 0 rings (SSSR count). The molecule has 0 aliphatic carbocycles. The molecule has 0 atom stereocenters. The molecule has 10 heavy (non-hydrogen) atoms. The van der Waals surface area contributed by atoms with Gasteiger partial charge in [0.25, 0.3) is 0 Å². The van der Waals surface area contributed by atoms with Gasteiger partial charge in [-0.1, -0.05) is 11.8 Å². The van der Waals surface area contributed by atoms with Crippen molar-refractivity contribution in [2.75, 3.05) is 0 Å². The Labute approximate surface area is 63.3 Å². The van der Waals surface area contributed by atoms with E-state index < -0.39 is 0 Å². The fourth-order valence-corrected chi connectivity index (χ4v) is 0.0962. The minimum Gasteiger partial charge on any atom is -0.124 e. The van der Waals surface area contributed by atoms with Crippen LogP contribution in [-0.4, -0.2) is 0 Å². The first-order valence-corrected chi connectivity index (χ1v) is 2.15. The highest BCUT2D eigenvalue weighted by molar-refractivity contribution is 5.19. The molecule has 0 fully saturated rings. The average molecular weight is 128 g/mol. The Morgan fingerprint density at radius 1 is 0.700 bits per heavy atom. The topological polar surface area (TPSA) is 0 Å². The van der Waals surface area contributed by atoms with Gasteiger partial charge in [-0.15, -0.1) is 38.5 Å². The molecule has 0 amide bonds. The first-order valence-electron chi connectivity index (χ1n) is 2.15. The summed E-state index contributed by atoms with van der Waals surface area (Å²) in [4.78, 5) is 0. The molecule has 0 unspecified atom stereocenters. The third-order valence-electron chi connectivity index (χ3n) is 0.276. The van der Waals surface area contributed by atoms with E-state index in [1.807, 2.05) is 0 Å². The molecule has 0 aliphatic rings. The van der Waals surface area contributed by atoms with Gasteiger partial charge in [-0.25, -0.2) is 0 Å². The monoisotopic (exact) mass is 128 g/mol. The summed E-state index contributed by atoms with van der Waals surface area (Å²) >= 11 is 0. The van der Waals surface area contributed by atoms with Crippen molar-refractivity contribution in [2.45, 2.75) is 0 Å². The van der Waals surface area contributed by atoms with Gasteiger partial charge in [0.1, 0.15) is 0 Å². The zero-order chi connectivity index (χ0) is 8.83. The highest BCUT2D eigenvalue weighted by Crippen LogP contribution is 1.59. The third kappa shape index (κ3) is 154. The molecular formula is C10H8. The molecule has 0 N–H and O–H groups in total. The molecular weight excluding hydrogens is 120 g/mol. The van der Waals surface area contributed by atoms with Crippen LogP contribution in [0.2, 0.25) is 0 Å². The van der Waals surface area contributed by atoms with E-state index in [0.717, 1.165) is 0 Å². The Balaban J connectivity index is -0.000000105. The molecule has 0 aromatic rings. The van der Waals surface area contributed by atoms with Crippen LogP contribution in [0.3, 0.4) is 0 Å². The smallest absolute Gasteiger partial charge is 0.00380 e. The summed E-state index contributed by atoms with van der Waals surface area (Å²) in [6, 6.07) is 0. The summed E-state index contributed by atoms with van der Waals surface area (Å²) in [5.41, 5.74) is 0. The van der Waals surface area contributed by atoms with E-state index in [-0.39, 0.29) is 0 Å². The van der Waals surface area contributed by atoms with E-state index in [1.165, 1.54) is 12.2 Å². The number of terminal acetylenes is 4. The zero-order valence-electron chi connectivity index (χ0n) is 5.62. The van der Waals surface area contributed by atoms with Crippen LogP contribution in [0, 0.1) is 50.4 Å². The average Bonchev–Trinajstić information content (AvgIpc) is 2.08. The largest absolute Gasteiger partial charge is 0.124 e. The predicted molar refractivity (Wildman–Crippen MR) is 46.6 cm³/mol. The third-order valence-corrected chi connectivity index (χ3v) is 0.276. The minimum absolute atomic E-state index is 1.47. The fourth-order valence-electron chi connectivity index (χ4n) is 0.0962. The normalized spacial score (nSPS) is 4.60. The molecule has 0 radical (unpaired) electrons. The van der Waals surface area contributed by atoms with Crippen LogP contribution < -0.4 is 0 Å². The SMILES string of the molecule is C#C.C#C.C#CC=CC#C. The van der Waals surface area contributed by atoms with Gasteiger partial charge in [0.15, 0.2) is 0 Å². The summed E-state index contributed by atoms with van der Waals surface area (Å²) < 4.78 is 0. The lowest BCUT2D eigenvalue weighted by atomic mass is 10.5. The standard InChI is InChI=1S/C6H4.2C2H2/c1-3-5-6-4-2;2*1-2/h1-2,5-6H;2*1-2H. The molecule has 0 nitrogen and oxygen atoms in total. The quantitative estimate of drug-likeness (QED) is 0.431. The van der Waals surface area contributed by atoms with Crippen molar-refractivity contribution in [2.24, 2.45) is 0 Å². The van der Waals surface area contributed by atoms with Crippen molar-refractivity contribution in [3.63, 3.8) is 0 Å². The van der Waals surface area contributed by atoms with Gasteiger partial charge in [-0.2, -0.15) is 0 Å². The van der Waals surface area contributed by atoms with Gasteiger partial charge in [-0.05, 0) is 12.2 Å². The Hall–Kier alpha value is -2.02. The van der Waals surface area contributed by atoms with Gasteiger partial charge in [-0.3, -0.25) is 0 Å². The van der Waals surface area contributed by atoms with Crippen LogP contribution >= 0.6 is 0 Å². The summed E-state index contributed by atoms with van der Waals surface area (Å²) in [5, 5.41) is 0. The van der Waals surface area contributed by atoms with Gasteiger partial charge < -0.3 is 0 Å². The molecule has 0 aromatic carbocycles. The zero-order valence-corrected chi connectivity index (χ0v) is 5.62. The highest BCUT2D eigenvalue weighted by atomic mass is 13.5. The molecule has 48 valence electrons. The van der Waals surface area contributed by atoms with Crippen molar-refractivity contribution < 1.29 is 0 Å². The fraction of sp³-hybridized carbons (Fsp3) is 0. The van der Waals surface area contributed by atoms with Gasteiger partial charge in [0.2, 0.25) is 0 Å². The van der Waals surface area contributed by atoms with E-state index in [0.29, 0.717) is 0 Å². The van der Waals surface area contributed by atoms with E-state index >= 15 is 0 Å². The molecule has 0 bridgehead atoms. The Morgan fingerprint density at radius 3 is 1.00 bits per heavy atom.